The summed E-state index contributed by atoms with van der Waals surface area (Å²) in [5, 5.41) is 0. The normalized spacial score (nSPS) is 45.0. The summed E-state index contributed by atoms with van der Waals surface area (Å²) < 4.78 is 0. The smallest absolute Gasteiger partial charge is 0.0174 e. The second kappa shape index (κ2) is 10.6. The third-order valence-electron chi connectivity index (χ3n) is 9.62. The first kappa shape index (κ1) is 26.3. The lowest BCUT2D eigenvalue weighted by Gasteiger charge is -2.56. The first-order valence-corrected chi connectivity index (χ1v) is 12.4. The van der Waals surface area contributed by atoms with E-state index in [4.69, 9.17) is 0 Å². The van der Waals surface area contributed by atoms with Crippen LogP contribution in [0.4, 0.5) is 0 Å². The van der Waals surface area contributed by atoms with Crippen LogP contribution in [0, 0.1) is 65.1 Å². The van der Waals surface area contributed by atoms with Crippen LogP contribution in [0.3, 0.4) is 0 Å². The molecule has 168 valence electrons. The van der Waals surface area contributed by atoms with Crippen molar-refractivity contribution >= 4 is 0 Å². The van der Waals surface area contributed by atoms with E-state index in [1.165, 1.54) is 51.4 Å². The molecule has 4 aliphatic rings. The number of terminal acetylenes is 1. The Morgan fingerprint density at radius 3 is 2.10 bits per heavy atom. The van der Waals surface area contributed by atoms with Crippen molar-refractivity contribution in [3.63, 3.8) is 0 Å². The fourth-order valence-corrected chi connectivity index (χ4v) is 8.29. The first-order chi connectivity index (χ1) is 13.4. The number of hydrogen-bond donors (Lipinski definition) is 0. The molecule has 4 rings (SSSR count). The van der Waals surface area contributed by atoms with E-state index in [-0.39, 0.29) is 7.43 Å². The molecule has 0 aromatic carbocycles. The van der Waals surface area contributed by atoms with Gasteiger partial charge < -0.3 is 0 Å². The lowest BCUT2D eigenvalue weighted by Crippen LogP contribution is -2.49. The quantitative estimate of drug-likeness (QED) is 0.304. The molecular weight excluding hydrogens is 348 g/mol. The molecule has 29 heavy (non-hydrogen) atoms. The van der Waals surface area contributed by atoms with Gasteiger partial charge in [0.15, 0.2) is 0 Å². The van der Waals surface area contributed by atoms with Crippen LogP contribution in [0.25, 0.3) is 0 Å². The zero-order valence-corrected chi connectivity index (χ0v) is 20.0. The largest absolute Gasteiger partial charge is 0.124 e. The highest BCUT2D eigenvalue weighted by Gasteiger charge is 2.58. The summed E-state index contributed by atoms with van der Waals surface area (Å²) in [5.41, 5.74) is 1.24. The van der Waals surface area contributed by atoms with E-state index in [2.05, 4.69) is 59.6 Å². The van der Waals surface area contributed by atoms with Gasteiger partial charge in [0.1, 0.15) is 0 Å². The van der Waals surface area contributed by atoms with Crippen molar-refractivity contribution in [2.75, 3.05) is 0 Å². The van der Waals surface area contributed by atoms with Gasteiger partial charge in [0.2, 0.25) is 0 Å². The van der Waals surface area contributed by atoms with Crippen molar-refractivity contribution in [3.05, 3.63) is 12.2 Å². The molecule has 3 fully saturated rings. The molecule has 0 heterocycles. The second-order valence-electron chi connectivity index (χ2n) is 11.0. The van der Waals surface area contributed by atoms with Crippen molar-refractivity contribution < 1.29 is 0 Å². The Bertz CT molecular complexity index is 539. The average Bonchev–Trinajstić information content (AvgIpc) is 2.98. The van der Waals surface area contributed by atoms with Gasteiger partial charge >= 0.3 is 0 Å². The zero-order chi connectivity index (χ0) is 21.1. The summed E-state index contributed by atoms with van der Waals surface area (Å²) in [5.74, 6) is 6.63. The summed E-state index contributed by atoms with van der Waals surface area (Å²) in [7, 11) is 0. The molecule has 4 aliphatic carbocycles. The van der Waals surface area contributed by atoms with E-state index in [0.29, 0.717) is 10.8 Å². The average molecular weight is 401 g/mol. The highest BCUT2D eigenvalue weighted by atomic mass is 14.6. The van der Waals surface area contributed by atoms with Gasteiger partial charge in [0.25, 0.3) is 0 Å². The monoisotopic (exact) mass is 400 g/mol. The van der Waals surface area contributed by atoms with Crippen molar-refractivity contribution in [2.45, 2.75) is 107 Å². The second-order valence-corrected chi connectivity index (χ2v) is 11.0. The molecule has 0 aromatic heterocycles. The molecule has 0 bridgehead atoms. The lowest BCUT2D eigenvalue weighted by molar-refractivity contribution is -0.0715. The Hall–Kier alpha value is -0.700. The number of rotatable bonds is 1. The van der Waals surface area contributed by atoms with Gasteiger partial charge in [-0.05, 0) is 97.2 Å². The summed E-state index contributed by atoms with van der Waals surface area (Å²) in [6.07, 6.45) is 25.1. The van der Waals surface area contributed by atoms with Crippen LogP contribution in [0.1, 0.15) is 107 Å². The van der Waals surface area contributed by atoms with E-state index in [9.17, 15) is 0 Å². The minimum atomic E-state index is 0. The maximum absolute atomic E-state index is 4.00. The maximum Gasteiger partial charge on any atom is -0.0174 e. The molecule has 0 aromatic rings. The van der Waals surface area contributed by atoms with Gasteiger partial charge in [0.05, 0.1) is 0 Å². The lowest BCUT2D eigenvalue weighted by atomic mass is 9.48. The minimum absolute atomic E-state index is 0. The maximum atomic E-state index is 4.00. The molecule has 0 radical (unpaired) electrons. The molecule has 0 saturated heterocycles. The molecule has 0 amide bonds. The van der Waals surface area contributed by atoms with Gasteiger partial charge in [-0.3, -0.25) is 0 Å². The van der Waals surface area contributed by atoms with E-state index >= 15 is 0 Å². The van der Waals surface area contributed by atoms with Crippen LogP contribution in [-0.2, 0) is 0 Å². The number of fused-ring (bicyclic) bond motifs is 5. The highest BCUT2D eigenvalue weighted by molar-refractivity contribution is 5.13. The fraction of sp³-hybridized carbons (Fsp3) is 0.862. The predicted molar refractivity (Wildman–Crippen MR) is 132 cm³/mol. The molecular formula is C29H52. The SMILES string of the molecule is C.C#C.CC.CC1CCC2(C)C(C=CCC3C2CC[C@]2(C)C(C(C)C)CCC32)C1. The van der Waals surface area contributed by atoms with Crippen molar-refractivity contribution in [3.8, 4) is 12.8 Å². The number of allylic oxidation sites excluding steroid dienone is 2. The van der Waals surface area contributed by atoms with E-state index < -0.39 is 0 Å². The van der Waals surface area contributed by atoms with Crippen LogP contribution in [0.2, 0.25) is 0 Å². The van der Waals surface area contributed by atoms with Crippen LogP contribution in [0.15, 0.2) is 12.2 Å². The van der Waals surface area contributed by atoms with E-state index in [0.717, 1.165) is 41.4 Å². The van der Waals surface area contributed by atoms with Crippen molar-refractivity contribution in [1.82, 2.24) is 0 Å². The Kier molecular flexibility index (Phi) is 9.58. The molecule has 3 saturated carbocycles. The van der Waals surface area contributed by atoms with Gasteiger partial charge in [-0.25, -0.2) is 0 Å². The highest BCUT2D eigenvalue weighted by Crippen LogP contribution is 2.66. The van der Waals surface area contributed by atoms with Crippen LogP contribution in [-0.4, -0.2) is 0 Å². The fourth-order valence-electron chi connectivity index (χ4n) is 8.29. The van der Waals surface area contributed by atoms with E-state index in [1.54, 1.807) is 0 Å². The topological polar surface area (TPSA) is 0 Å². The zero-order valence-electron chi connectivity index (χ0n) is 20.0. The standard InChI is InChI=1S/C24H40.C2H6.C2H2.CH4/c1-16(2)20-9-10-21-19-8-6-7-18-15-17(3)11-13-23(18,4)22(19)12-14-24(20,21)5;2*1-2;/h6-7,16-22H,8-15H2,1-5H3;1-2H3;1-2H;1H4/t17?,18?,19?,20?,21?,22?,23?,24-;;;/m1.../s1. The van der Waals surface area contributed by atoms with Crippen molar-refractivity contribution in [1.29, 1.82) is 0 Å². The molecule has 0 nitrogen and oxygen atoms in total. The van der Waals surface area contributed by atoms with Gasteiger partial charge in [-0.1, -0.05) is 74.5 Å². The van der Waals surface area contributed by atoms with Gasteiger partial charge in [-0.15, -0.1) is 12.8 Å². The third kappa shape index (κ3) is 4.50. The van der Waals surface area contributed by atoms with Crippen LogP contribution in [0.5, 0.6) is 0 Å². The summed E-state index contributed by atoms with van der Waals surface area (Å²) in [6, 6.07) is 0. The first-order valence-electron chi connectivity index (χ1n) is 12.4. The molecule has 0 spiro atoms. The molecule has 0 aliphatic heterocycles. The Balaban J connectivity index is 0.000000794. The van der Waals surface area contributed by atoms with E-state index in [1.807, 2.05) is 13.8 Å². The molecule has 7 unspecified atom stereocenters. The summed E-state index contributed by atoms with van der Waals surface area (Å²) in [6.45, 7) is 16.8. The minimum Gasteiger partial charge on any atom is -0.124 e. The summed E-state index contributed by atoms with van der Waals surface area (Å²) in [4.78, 5) is 0. The Morgan fingerprint density at radius 2 is 1.48 bits per heavy atom. The Labute approximate surface area is 184 Å². The summed E-state index contributed by atoms with van der Waals surface area (Å²) >= 11 is 0. The number of hydrogen-bond acceptors (Lipinski definition) is 0. The van der Waals surface area contributed by atoms with Crippen LogP contribution < -0.4 is 0 Å². The predicted octanol–water partition coefficient (Wildman–Crippen LogP) is 9.02. The van der Waals surface area contributed by atoms with Gasteiger partial charge in [0, 0.05) is 0 Å². The third-order valence-corrected chi connectivity index (χ3v) is 9.62. The molecule has 0 heteroatoms. The van der Waals surface area contributed by atoms with Crippen molar-refractivity contribution in [2.24, 2.45) is 52.3 Å². The molecule has 0 N–H and O–H groups in total. The Morgan fingerprint density at radius 1 is 0.897 bits per heavy atom. The van der Waals surface area contributed by atoms with Crippen LogP contribution >= 0.6 is 0 Å². The van der Waals surface area contributed by atoms with Gasteiger partial charge in [-0.2, -0.15) is 0 Å². The molecule has 8 atom stereocenters.